The molecule has 21 heavy (non-hydrogen) atoms. The van der Waals surface area contributed by atoms with Crippen LogP contribution in [-0.4, -0.2) is 40.8 Å². The molecule has 116 valence electrons. The summed E-state index contributed by atoms with van der Waals surface area (Å²) in [6.07, 6.45) is 3.19. The van der Waals surface area contributed by atoms with Crippen LogP contribution in [0, 0.1) is 0 Å². The lowest BCUT2D eigenvalue weighted by molar-refractivity contribution is 0.0186. The molecule has 2 heterocycles. The largest absolute Gasteiger partial charge is 0.474 e. The summed E-state index contributed by atoms with van der Waals surface area (Å²) < 4.78 is 11.1. The molecule has 1 amide bonds. The fourth-order valence-electron chi connectivity index (χ4n) is 2.27. The molecule has 0 spiro atoms. The summed E-state index contributed by atoms with van der Waals surface area (Å²) in [5.41, 5.74) is 5.80. The maximum absolute atomic E-state index is 12.2. The van der Waals surface area contributed by atoms with E-state index in [2.05, 4.69) is 4.98 Å². The van der Waals surface area contributed by atoms with E-state index in [4.69, 9.17) is 15.2 Å². The Kier molecular flexibility index (Phi) is 4.55. The standard InChI is InChI=1S/C15H23N3O3/c1-15(2,3)21-14(19)18-9-5-6-11(18)10-20-13-12(16)7-4-8-17-13/h4,7-8,11H,5-6,9-10,16H2,1-3H3/t11-/m1/s1. The number of ether oxygens (including phenoxy) is 2. The first kappa shape index (κ1) is 15.4. The second-order valence-corrected chi connectivity index (χ2v) is 6.18. The van der Waals surface area contributed by atoms with Gasteiger partial charge in [-0.15, -0.1) is 0 Å². The lowest BCUT2D eigenvalue weighted by Crippen LogP contribution is -2.42. The number of nitrogen functional groups attached to an aromatic ring is 1. The van der Waals surface area contributed by atoms with E-state index in [1.807, 2.05) is 20.8 Å². The maximum atomic E-state index is 12.2. The smallest absolute Gasteiger partial charge is 0.410 e. The zero-order valence-electron chi connectivity index (χ0n) is 12.8. The SMILES string of the molecule is CC(C)(C)OC(=O)N1CCC[C@@H]1COc1ncccc1N. The third-order valence-corrected chi connectivity index (χ3v) is 3.22. The molecule has 0 saturated carbocycles. The number of nitrogens with two attached hydrogens (primary N) is 1. The van der Waals surface area contributed by atoms with Crippen LogP contribution < -0.4 is 10.5 Å². The number of nitrogens with zero attached hydrogens (tertiary/aromatic N) is 2. The molecule has 1 aliphatic rings. The molecular formula is C15H23N3O3. The van der Waals surface area contributed by atoms with E-state index in [1.165, 1.54) is 0 Å². The summed E-state index contributed by atoms with van der Waals surface area (Å²) in [7, 11) is 0. The first-order valence-corrected chi connectivity index (χ1v) is 7.20. The highest BCUT2D eigenvalue weighted by Gasteiger charge is 2.32. The lowest BCUT2D eigenvalue weighted by Gasteiger charge is -2.28. The Morgan fingerprint density at radius 3 is 2.95 bits per heavy atom. The van der Waals surface area contributed by atoms with Crippen LogP contribution >= 0.6 is 0 Å². The molecule has 1 aromatic heterocycles. The summed E-state index contributed by atoms with van der Waals surface area (Å²) in [5, 5.41) is 0. The molecule has 0 unspecified atom stereocenters. The van der Waals surface area contributed by atoms with Gasteiger partial charge >= 0.3 is 6.09 Å². The van der Waals surface area contributed by atoms with Gasteiger partial charge in [0.2, 0.25) is 5.88 Å². The van der Waals surface area contributed by atoms with Crippen molar-refractivity contribution in [3.8, 4) is 5.88 Å². The number of carbonyl (C=O) groups is 1. The molecule has 0 radical (unpaired) electrons. The monoisotopic (exact) mass is 293 g/mol. The van der Waals surface area contributed by atoms with Crippen molar-refractivity contribution in [2.75, 3.05) is 18.9 Å². The number of amides is 1. The van der Waals surface area contributed by atoms with Gasteiger partial charge in [0, 0.05) is 12.7 Å². The molecule has 1 saturated heterocycles. The minimum absolute atomic E-state index is 0.00116. The van der Waals surface area contributed by atoms with Gasteiger partial charge < -0.3 is 20.1 Å². The molecule has 2 rings (SSSR count). The first-order chi connectivity index (χ1) is 9.87. The number of likely N-dealkylation sites (tertiary alicyclic amines) is 1. The minimum atomic E-state index is -0.490. The predicted octanol–water partition coefficient (Wildman–Crippen LogP) is 2.44. The van der Waals surface area contributed by atoms with E-state index in [9.17, 15) is 4.79 Å². The molecule has 0 aliphatic carbocycles. The highest BCUT2D eigenvalue weighted by atomic mass is 16.6. The average Bonchev–Trinajstić information content (AvgIpc) is 2.84. The summed E-state index contributed by atoms with van der Waals surface area (Å²) in [6.45, 7) is 6.66. The molecule has 6 heteroatoms. The third-order valence-electron chi connectivity index (χ3n) is 3.22. The number of carbonyl (C=O) groups excluding carboxylic acids is 1. The van der Waals surface area contributed by atoms with Crippen LogP contribution in [0.2, 0.25) is 0 Å². The molecule has 1 aliphatic heterocycles. The van der Waals surface area contributed by atoms with Crippen LogP contribution in [0.15, 0.2) is 18.3 Å². The van der Waals surface area contributed by atoms with Gasteiger partial charge in [0.15, 0.2) is 0 Å². The number of aromatic nitrogens is 1. The van der Waals surface area contributed by atoms with E-state index in [0.29, 0.717) is 24.7 Å². The quantitative estimate of drug-likeness (QED) is 0.926. The summed E-state index contributed by atoms with van der Waals surface area (Å²) in [4.78, 5) is 18.0. The van der Waals surface area contributed by atoms with Gasteiger partial charge in [-0.3, -0.25) is 0 Å². The number of hydrogen-bond acceptors (Lipinski definition) is 5. The van der Waals surface area contributed by atoms with Crippen LogP contribution in [0.1, 0.15) is 33.6 Å². The van der Waals surface area contributed by atoms with Crippen molar-refractivity contribution in [2.24, 2.45) is 0 Å². The summed E-state index contributed by atoms with van der Waals surface area (Å²) in [6, 6.07) is 3.49. The van der Waals surface area contributed by atoms with Gasteiger partial charge in [-0.2, -0.15) is 0 Å². The normalized spacial score (nSPS) is 18.6. The topological polar surface area (TPSA) is 77.7 Å². The molecule has 1 aromatic rings. The molecule has 1 fully saturated rings. The van der Waals surface area contributed by atoms with E-state index >= 15 is 0 Å². The van der Waals surface area contributed by atoms with Crippen LogP contribution in [-0.2, 0) is 4.74 Å². The second-order valence-electron chi connectivity index (χ2n) is 6.18. The number of rotatable bonds is 3. The zero-order chi connectivity index (χ0) is 15.5. The van der Waals surface area contributed by atoms with Crippen molar-refractivity contribution in [1.82, 2.24) is 9.88 Å². The predicted molar refractivity (Wildman–Crippen MR) is 80.1 cm³/mol. The molecule has 6 nitrogen and oxygen atoms in total. The fraction of sp³-hybridized carbons (Fsp3) is 0.600. The Labute approximate surface area is 125 Å². The highest BCUT2D eigenvalue weighted by Crippen LogP contribution is 2.23. The molecule has 2 N–H and O–H groups in total. The van der Waals surface area contributed by atoms with Gasteiger partial charge in [0.05, 0.1) is 11.7 Å². The van der Waals surface area contributed by atoms with E-state index in [0.717, 1.165) is 12.8 Å². The fourth-order valence-corrected chi connectivity index (χ4v) is 2.27. The number of hydrogen-bond donors (Lipinski definition) is 1. The second kappa shape index (κ2) is 6.20. The Balaban J connectivity index is 1.93. The van der Waals surface area contributed by atoms with Gasteiger partial charge in [-0.05, 0) is 45.7 Å². The first-order valence-electron chi connectivity index (χ1n) is 7.20. The number of anilines is 1. The summed E-state index contributed by atoms with van der Waals surface area (Å²) >= 11 is 0. The maximum Gasteiger partial charge on any atom is 0.410 e. The minimum Gasteiger partial charge on any atom is -0.474 e. The van der Waals surface area contributed by atoms with E-state index in [-0.39, 0.29) is 12.1 Å². The van der Waals surface area contributed by atoms with Gasteiger partial charge in [0.25, 0.3) is 0 Å². The zero-order valence-corrected chi connectivity index (χ0v) is 12.8. The van der Waals surface area contributed by atoms with Crippen molar-refractivity contribution in [2.45, 2.75) is 45.3 Å². The molecule has 1 atom stereocenters. The van der Waals surface area contributed by atoms with Gasteiger partial charge in [0.1, 0.15) is 12.2 Å². The molecule has 0 aromatic carbocycles. The van der Waals surface area contributed by atoms with Crippen molar-refractivity contribution in [1.29, 1.82) is 0 Å². The van der Waals surface area contributed by atoms with Gasteiger partial charge in [-0.25, -0.2) is 9.78 Å². The Morgan fingerprint density at radius 2 is 2.29 bits per heavy atom. The van der Waals surface area contributed by atoms with Crippen molar-refractivity contribution in [3.05, 3.63) is 18.3 Å². The third kappa shape index (κ3) is 4.24. The van der Waals surface area contributed by atoms with E-state index in [1.54, 1.807) is 23.2 Å². The Bertz CT molecular complexity index is 499. The summed E-state index contributed by atoms with van der Waals surface area (Å²) in [5.74, 6) is 0.411. The van der Waals surface area contributed by atoms with Crippen molar-refractivity contribution in [3.63, 3.8) is 0 Å². The van der Waals surface area contributed by atoms with Gasteiger partial charge in [-0.1, -0.05) is 0 Å². The molecule has 0 bridgehead atoms. The average molecular weight is 293 g/mol. The Morgan fingerprint density at radius 1 is 1.52 bits per heavy atom. The van der Waals surface area contributed by atoms with Crippen molar-refractivity contribution >= 4 is 11.8 Å². The Hall–Kier alpha value is -1.98. The van der Waals surface area contributed by atoms with Crippen LogP contribution in [0.5, 0.6) is 5.88 Å². The van der Waals surface area contributed by atoms with Crippen LogP contribution in [0.4, 0.5) is 10.5 Å². The van der Waals surface area contributed by atoms with E-state index < -0.39 is 5.60 Å². The lowest BCUT2D eigenvalue weighted by atomic mass is 10.2. The number of pyridine rings is 1. The van der Waals surface area contributed by atoms with Crippen LogP contribution in [0.3, 0.4) is 0 Å². The molecular weight excluding hydrogens is 270 g/mol. The van der Waals surface area contributed by atoms with Crippen molar-refractivity contribution < 1.29 is 14.3 Å². The van der Waals surface area contributed by atoms with Crippen LogP contribution in [0.25, 0.3) is 0 Å². The highest BCUT2D eigenvalue weighted by molar-refractivity contribution is 5.69.